The van der Waals surface area contributed by atoms with Gasteiger partial charge >= 0.3 is 0 Å². The zero-order chi connectivity index (χ0) is 18.8. The summed E-state index contributed by atoms with van der Waals surface area (Å²) in [6, 6.07) is 8.56. The Morgan fingerprint density at radius 3 is 1.88 bits per heavy atom. The van der Waals surface area contributed by atoms with Crippen LogP contribution in [0.4, 0.5) is 13.2 Å². The van der Waals surface area contributed by atoms with Crippen LogP contribution in [-0.4, -0.2) is 47.8 Å². The third-order valence-corrected chi connectivity index (χ3v) is 4.74. The Labute approximate surface area is 156 Å². The molecule has 0 aliphatic carbocycles. The van der Waals surface area contributed by atoms with Crippen LogP contribution in [0.2, 0.25) is 0 Å². The van der Waals surface area contributed by atoms with E-state index in [0.29, 0.717) is 5.56 Å². The molecule has 0 spiro atoms. The summed E-state index contributed by atoms with van der Waals surface area (Å²) in [6.07, 6.45) is 0. The molecule has 2 aromatic carbocycles. The van der Waals surface area contributed by atoms with Gasteiger partial charge in [-0.25, -0.2) is 13.2 Å². The molecule has 3 rings (SSSR count). The van der Waals surface area contributed by atoms with Crippen LogP contribution >= 0.6 is 15.9 Å². The molecule has 1 saturated heterocycles. The number of piperazine rings is 1. The van der Waals surface area contributed by atoms with Crippen LogP contribution in [0.15, 0.2) is 40.9 Å². The lowest BCUT2D eigenvalue weighted by Crippen LogP contribution is -2.50. The summed E-state index contributed by atoms with van der Waals surface area (Å²) in [5.41, 5.74) is 0.0104. The molecule has 8 heteroatoms. The van der Waals surface area contributed by atoms with Crippen LogP contribution < -0.4 is 0 Å². The van der Waals surface area contributed by atoms with Crippen LogP contribution in [0.3, 0.4) is 0 Å². The van der Waals surface area contributed by atoms with Gasteiger partial charge < -0.3 is 9.80 Å². The molecular weight excluding hydrogens is 413 g/mol. The molecule has 2 aromatic rings. The molecule has 1 aliphatic rings. The topological polar surface area (TPSA) is 40.6 Å². The number of benzene rings is 2. The first-order valence-corrected chi connectivity index (χ1v) is 8.65. The predicted octanol–water partition coefficient (Wildman–Crippen LogP) is 3.46. The highest BCUT2D eigenvalue weighted by atomic mass is 79.9. The highest BCUT2D eigenvalue weighted by molar-refractivity contribution is 9.10. The Morgan fingerprint density at radius 2 is 1.31 bits per heavy atom. The van der Waals surface area contributed by atoms with Gasteiger partial charge in [-0.1, -0.05) is 15.9 Å². The zero-order valence-corrected chi connectivity index (χ0v) is 15.1. The van der Waals surface area contributed by atoms with E-state index < -0.39 is 28.9 Å². The van der Waals surface area contributed by atoms with Gasteiger partial charge in [-0.05, 0) is 36.4 Å². The van der Waals surface area contributed by atoms with Gasteiger partial charge in [0, 0.05) is 36.2 Å². The summed E-state index contributed by atoms with van der Waals surface area (Å²) in [5, 5.41) is 0. The summed E-state index contributed by atoms with van der Waals surface area (Å²) in [7, 11) is 0. The minimum Gasteiger partial charge on any atom is -0.335 e. The van der Waals surface area contributed by atoms with Crippen molar-refractivity contribution in [3.8, 4) is 0 Å². The van der Waals surface area contributed by atoms with Crippen molar-refractivity contribution < 1.29 is 22.8 Å². The van der Waals surface area contributed by atoms with Crippen LogP contribution in [0.1, 0.15) is 20.7 Å². The molecule has 4 nitrogen and oxygen atoms in total. The second-order valence-electron chi connectivity index (χ2n) is 5.81. The maximum absolute atomic E-state index is 13.8. The molecule has 136 valence electrons. The van der Waals surface area contributed by atoms with Crippen molar-refractivity contribution in [3.05, 3.63) is 69.4 Å². The molecule has 0 unspecified atom stereocenters. The highest BCUT2D eigenvalue weighted by Gasteiger charge is 2.28. The third kappa shape index (κ3) is 3.60. The van der Waals surface area contributed by atoms with Crippen molar-refractivity contribution >= 4 is 27.7 Å². The van der Waals surface area contributed by atoms with Crippen LogP contribution in [0.5, 0.6) is 0 Å². The minimum atomic E-state index is -1.67. The number of hydrogen-bond donors (Lipinski definition) is 0. The molecule has 26 heavy (non-hydrogen) atoms. The van der Waals surface area contributed by atoms with Gasteiger partial charge in [-0.3, -0.25) is 9.59 Å². The molecule has 0 atom stereocenters. The normalized spacial score (nSPS) is 14.5. The largest absolute Gasteiger partial charge is 0.335 e. The first-order chi connectivity index (χ1) is 12.4. The molecular formula is C18H14BrF3N2O2. The molecule has 0 aromatic heterocycles. The molecule has 1 aliphatic heterocycles. The standard InChI is InChI=1S/C18H14BrF3N2O2/c19-12-3-1-11(2-4-12)17(25)23-7-9-24(10-8-23)18(26)13-5-6-14(20)16(22)15(13)21/h1-6H,7-10H2. The van der Waals surface area contributed by atoms with Crippen LogP contribution in [0.25, 0.3) is 0 Å². The highest BCUT2D eigenvalue weighted by Crippen LogP contribution is 2.19. The van der Waals surface area contributed by atoms with E-state index in [1.165, 1.54) is 4.90 Å². The maximum atomic E-state index is 13.8. The molecule has 2 amide bonds. The number of halogens is 4. The Morgan fingerprint density at radius 1 is 0.769 bits per heavy atom. The summed E-state index contributed by atoms with van der Waals surface area (Å²) >= 11 is 3.30. The van der Waals surface area contributed by atoms with E-state index >= 15 is 0 Å². The van der Waals surface area contributed by atoms with Crippen molar-refractivity contribution in [1.82, 2.24) is 9.80 Å². The van der Waals surface area contributed by atoms with E-state index in [2.05, 4.69) is 15.9 Å². The molecule has 0 saturated carbocycles. The van der Waals surface area contributed by atoms with Crippen LogP contribution in [0, 0.1) is 17.5 Å². The van der Waals surface area contributed by atoms with E-state index in [1.807, 2.05) is 0 Å². The second-order valence-corrected chi connectivity index (χ2v) is 6.73. The van der Waals surface area contributed by atoms with Gasteiger partial charge in [0.1, 0.15) is 0 Å². The number of carbonyl (C=O) groups excluding carboxylic acids is 2. The summed E-state index contributed by atoms with van der Waals surface area (Å²) in [4.78, 5) is 27.7. The monoisotopic (exact) mass is 426 g/mol. The number of rotatable bonds is 2. The average Bonchev–Trinajstić information content (AvgIpc) is 2.66. The van der Waals surface area contributed by atoms with Gasteiger partial charge in [-0.2, -0.15) is 0 Å². The van der Waals surface area contributed by atoms with Gasteiger partial charge in [0.25, 0.3) is 11.8 Å². The first-order valence-electron chi connectivity index (χ1n) is 7.86. The fraction of sp³-hybridized carbons (Fsp3) is 0.222. The van der Waals surface area contributed by atoms with E-state index in [4.69, 9.17) is 0 Å². The Balaban J connectivity index is 1.67. The number of nitrogens with zero attached hydrogens (tertiary/aromatic N) is 2. The lowest BCUT2D eigenvalue weighted by Gasteiger charge is -2.35. The van der Waals surface area contributed by atoms with Gasteiger partial charge in [-0.15, -0.1) is 0 Å². The van der Waals surface area contributed by atoms with Crippen molar-refractivity contribution in [3.63, 3.8) is 0 Å². The number of carbonyl (C=O) groups is 2. The van der Waals surface area contributed by atoms with Crippen molar-refractivity contribution in [2.24, 2.45) is 0 Å². The molecule has 1 fully saturated rings. The van der Waals surface area contributed by atoms with Crippen molar-refractivity contribution in [2.45, 2.75) is 0 Å². The lowest BCUT2D eigenvalue weighted by atomic mass is 10.1. The van der Waals surface area contributed by atoms with E-state index in [1.54, 1.807) is 29.2 Å². The number of hydrogen-bond acceptors (Lipinski definition) is 2. The Hall–Kier alpha value is -2.35. The number of amides is 2. The third-order valence-electron chi connectivity index (χ3n) is 4.21. The van der Waals surface area contributed by atoms with Gasteiger partial charge in [0.15, 0.2) is 17.5 Å². The fourth-order valence-corrected chi connectivity index (χ4v) is 3.01. The van der Waals surface area contributed by atoms with Crippen LogP contribution in [-0.2, 0) is 0 Å². The van der Waals surface area contributed by atoms with E-state index in [9.17, 15) is 22.8 Å². The predicted molar refractivity (Wildman–Crippen MR) is 92.3 cm³/mol. The zero-order valence-electron chi connectivity index (χ0n) is 13.5. The molecule has 0 N–H and O–H groups in total. The summed E-state index contributed by atoms with van der Waals surface area (Å²) in [6.45, 7) is 0.900. The van der Waals surface area contributed by atoms with E-state index in [0.717, 1.165) is 16.6 Å². The SMILES string of the molecule is O=C(c1ccc(Br)cc1)N1CCN(C(=O)c2ccc(F)c(F)c2F)CC1. The molecule has 0 radical (unpaired) electrons. The summed E-state index contributed by atoms with van der Waals surface area (Å²) in [5.74, 6) is -5.40. The minimum absolute atomic E-state index is 0.163. The second kappa shape index (κ2) is 7.49. The van der Waals surface area contributed by atoms with Gasteiger partial charge in [0.2, 0.25) is 0 Å². The van der Waals surface area contributed by atoms with Gasteiger partial charge in [0.05, 0.1) is 5.56 Å². The maximum Gasteiger partial charge on any atom is 0.257 e. The smallest absolute Gasteiger partial charge is 0.257 e. The first kappa shape index (κ1) is 18.4. The Bertz CT molecular complexity index is 850. The van der Waals surface area contributed by atoms with Crippen molar-refractivity contribution in [1.29, 1.82) is 0 Å². The molecule has 0 bridgehead atoms. The van der Waals surface area contributed by atoms with E-state index in [-0.39, 0.29) is 32.1 Å². The summed E-state index contributed by atoms with van der Waals surface area (Å²) < 4.78 is 41.0. The Kier molecular flexibility index (Phi) is 5.31. The quantitative estimate of drug-likeness (QED) is 0.689. The van der Waals surface area contributed by atoms with Crippen molar-refractivity contribution in [2.75, 3.05) is 26.2 Å². The fourth-order valence-electron chi connectivity index (χ4n) is 2.75. The molecule has 1 heterocycles. The average molecular weight is 427 g/mol. The lowest BCUT2D eigenvalue weighted by molar-refractivity contribution is 0.0532.